The predicted molar refractivity (Wildman–Crippen MR) is 114 cm³/mol. The van der Waals surface area contributed by atoms with Gasteiger partial charge < -0.3 is 9.47 Å². The summed E-state index contributed by atoms with van der Waals surface area (Å²) in [6, 6.07) is 24.4. The molecule has 1 heterocycles. The largest absolute Gasteiger partial charge is 0.497 e. The molecule has 0 aromatic heterocycles. The van der Waals surface area contributed by atoms with Crippen molar-refractivity contribution < 1.29 is 19.1 Å². The van der Waals surface area contributed by atoms with Crippen molar-refractivity contribution in [3.8, 4) is 5.75 Å². The lowest BCUT2D eigenvalue weighted by Gasteiger charge is -2.26. The Bertz CT molecular complexity index is 1060. The van der Waals surface area contributed by atoms with Crippen LogP contribution >= 0.6 is 0 Å². The highest BCUT2D eigenvalue weighted by Crippen LogP contribution is 2.39. The van der Waals surface area contributed by atoms with E-state index in [-0.39, 0.29) is 0 Å². The van der Waals surface area contributed by atoms with E-state index in [1.807, 2.05) is 73.7 Å². The average molecular weight is 402 g/mol. The molecule has 0 aliphatic carbocycles. The third kappa shape index (κ3) is 3.42. The molecule has 0 amide bonds. The first-order valence-electron chi connectivity index (χ1n) is 9.51. The SMILES string of the molecule is COC(=O)C1(c2ccccc2)N=C(c2ccc(OC)cc2)N(c2ccc(C)cc2)O1. The second-order valence-electron chi connectivity index (χ2n) is 6.89. The Hall–Kier alpha value is -3.64. The fourth-order valence-corrected chi connectivity index (χ4v) is 3.29. The topological polar surface area (TPSA) is 60.4 Å². The number of carbonyl (C=O) groups is 1. The minimum absolute atomic E-state index is 0.496. The lowest BCUT2D eigenvalue weighted by molar-refractivity contribution is -0.167. The fraction of sp³-hybridized carbons (Fsp3) is 0.167. The number of hydroxylamine groups is 1. The van der Waals surface area contributed by atoms with Crippen molar-refractivity contribution in [2.45, 2.75) is 12.6 Å². The van der Waals surface area contributed by atoms with Crippen LogP contribution in [0.25, 0.3) is 0 Å². The Kier molecular flexibility index (Phi) is 5.25. The molecule has 1 aliphatic rings. The second kappa shape index (κ2) is 8.00. The molecule has 1 atom stereocenters. The first-order valence-corrected chi connectivity index (χ1v) is 9.51. The highest BCUT2D eigenvalue weighted by molar-refractivity contribution is 6.11. The van der Waals surface area contributed by atoms with Crippen molar-refractivity contribution in [1.82, 2.24) is 0 Å². The number of aryl methyl sites for hydroxylation is 1. The van der Waals surface area contributed by atoms with E-state index in [1.165, 1.54) is 7.11 Å². The summed E-state index contributed by atoms with van der Waals surface area (Å²) in [4.78, 5) is 24.0. The quantitative estimate of drug-likeness (QED) is 0.598. The number of nitrogens with zero attached hydrogens (tertiary/aromatic N) is 2. The van der Waals surface area contributed by atoms with Gasteiger partial charge in [-0.2, -0.15) is 5.06 Å². The van der Waals surface area contributed by atoms with Crippen LogP contribution in [0.3, 0.4) is 0 Å². The number of hydrogen-bond donors (Lipinski definition) is 0. The summed E-state index contributed by atoms with van der Waals surface area (Å²) in [5.41, 5.74) is 1.58. The minimum atomic E-state index is -1.64. The van der Waals surface area contributed by atoms with E-state index in [0.717, 1.165) is 22.6 Å². The van der Waals surface area contributed by atoms with Gasteiger partial charge in [-0.15, -0.1) is 0 Å². The number of carbonyl (C=O) groups excluding carboxylic acids is 1. The third-order valence-electron chi connectivity index (χ3n) is 4.92. The number of ether oxygens (including phenoxy) is 2. The monoisotopic (exact) mass is 402 g/mol. The molecule has 3 aromatic rings. The lowest BCUT2D eigenvalue weighted by atomic mass is 10.0. The maximum atomic E-state index is 12.9. The number of amidine groups is 1. The normalized spacial score (nSPS) is 18.1. The van der Waals surface area contributed by atoms with Gasteiger partial charge in [-0.3, -0.25) is 0 Å². The smallest absolute Gasteiger partial charge is 0.369 e. The molecule has 0 fully saturated rings. The van der Waals surface area contributed by atoms with Gasteiger partial charge in [0, 0.05) is 11.1 Å². The molecule has 3 aromatic carbocycles. The number of benzene rings is 3. The van der Waals surface area contributed by atoms with Crippen molar-refractivity contribution in [1.29, 1.82) is 0 Å². The first kappa shape index (κ1) is 19.7. The molecular formula is C24H22N2O4. The van der Waals surface area contributed by atoms with Gasteiger partial charge in [-0.25, -0.2) is 14.6 Å². The summed E-state index contributed by atoms with van der Waals surface area (Å²) in [6.07, 6.45) is 0. The molecule has 0 saturated heterocycles. The molecule has 0 radical (unpaired) electrons. The molecule has 152 valence electrons. The molecule has 30 heavy (non-hydrogen) atoms. The Labute approximate surface area is 175 Å². The number of methoxy groups -OCH3 is 2. The Morgan fingerprint density at radius 3 is 2.20 bits per heavy atom. The number of rotatable bonds is 5. The van der Waals surface area contributed by atoms with Gasteiger partial charge in [-0.1, -0.05) is 48.0 Å². The van der Waals surface area contributed by atoms with Crippen LogP contribution in [0.5, 0.6) is 5.75 Å². The summed E-state index contributed by atoms with van der Waals surface area (Å²) in [7, 11) is 2.94. The average Bonchev–Trinajstić information content (AvgIpc) is 3.22. The fourth-order valence-electron chi connectivity index (χ4n) is 3.29. The van der Waals surface area contributed by atoms with Crippen LogP contribution in [0, 0.1) is 6.92 Å². The van der Waals surface area contributed by atoms with Gasteiger partial charge >= 0.3 is 11.7 Å². The molecule has 0 saturated carbocycles. The van der Waals surface area contributed by atoms with E-state index in [1.54, 1.807) is 24.3 Å². The number of aliphatic imine (C=N–C) groups is 1. The summed E-state index contributed by atoms with van der Waals surface area (Å²) >= 11 is 0. The second-order valence-corrected chi connectivity index (χ2v) is 6.89. The maximum absolute atomic E-state index is 12.9. The molecular weight excluding hydrogens is 380 g/mol. The van der Waals surface area contributed by atoms with E-state index in [2.05, 4.69) is 0 Å². The number of anilines is 1. The van der Waals surface area contributed by atoms with Gasteiger partial charge in [0.25, 0.3) is 0 Å². The van der Waals surface area contributed by atoms with Crippen LogP contribution in [-0.4, -0.2) is 26.0 Å². The Balaban J connectivity index is 1.89. The molecule has 0 N–H and O–H groups in total. The van der Waals surface area contributed by atoms with Crippen LogP contribution < -0.4 is 9.80 Å². The highest BCUT2D eigenvalue weighted by atomic mass is 16.7. The molecule has 1 aliphatic heterocycles. The molecule has 4 rings (SSSR count). The van der Waals surface area contributed by atoms with Crippen LogP contribution in [0.2, 0.25) is 0 Å². The van der Waals surface area contributed by atoms with Gasteiger partial charge in [-0.05, 0) is 43.3 Å². The maximum Gasteiger partial charge on any atom is 0.369 e. The first-order chi connectivity index (χ1) is 14.6. The predicted octanol–water partition coefficient (Wildman–Crippen LogP) is 4.23. The van der Waals surface area contributed by atoms with Crippen molar-refractivity contribution in [3.05, 3.63) is 95.6 Å². The van der Waals surface area contributed by atoms with Gasteiger partial charge in [0.2, 0.25) is 0 Å². The van der Waals surface area contributed by atoms with E-state index in [4.69, 9.17) is 19.3 Å². The van der Waals surface area contributed by atoms with E-state index in [0.29, 0.717) is 11.4 Å². The van der Waals surface area contributed by atoms with Gasteiger partial charge in [0.05, 0.1) is 19.9 Å². The van der Waals surface area contributed by atoms with Crippen LogP contribution in [0.4, 0.5) is 5.69 Å². The van der Waals surface area contributed by atoms with E-state index in [9.17, 15) is 4.79 Å². The molecule has 0 bridgehead atoms. The van der Waals surface area contributed by atoms with Crippen LogP contribution in [0.1, 0.15) is 16.7 Å². The Morgan fingerprint density at radius 2 is 1.60 bits per heavy atom. The molecule has 0 spiro atoms. The highest BCUT2D eigenvalue weighted by Gasteiger charge is 2.51. The molecule has 6 nitrogen and oxygen atoms in total. The van der Waals surface area contributed by atoms with E-state index >= 15 is 0 Å². The van der Waals surface area contributed by atoms with Crippen molar-refractivity contribution in [3.63, 3.8) is 0 Å². The van der Waals surface area contributed by atoms with E-state index < -0.39 is 11.7 Å². The summed E-state index contributed by atoms with van der Waals surface area (Å²) < 4.78 is 10.4. The zero-order valence-corrected chi connectivity index (χ0v) is 17.0. The van der Waals surface area contributed by atoms with Crippen LogP contribution in [0.15, 0.2) is 83.9 Å². The standard InChI is InChI=1S/C24H22N2O4/c1-17-9-13-20(14-10-17)26-22(18-11-15-21(28-2)16-12-18)25-24(30-26,23(27)29-3)19-7-5-4-6-8-19/h4-16H,1-3H3. The Morgan fingerprint density at radius 1 is 0.933 bits per heavy atom. The minimum Gasteiger partial charge on any atom is -0.497 e. The zero-order valence-electron chi connectivity index (χ0n) is 17.0. The summed E-state index contributed by atoms with van der Waals surface area (Å²) in [5.74, 6) is 0.618. The lowest BCUT2D eigenvalue weighted by Crippen LogP contribution is -2.39. The summed E-state index contributed by atoms with van der Waals surface area (Å²) in [6.45, 7) is 2.01. The summed E-state index contributed by atoms with van der Waals surface area (Å²) in [5, 5.41) is 1.57. The van der Waals surface area contributed by atoms with Gasteiger partial charge in [0.1, 0.15) is 5.75 Å². The third-order valence-corrected chi connectivity index (χ3v) is 4.92. The van der Waals surface area contributed by atoms with Crippen molar-refractivity contribution in [2.24, 2.45) is 4.99 Å². The number of hydrogen-bond acceptors (Lipinski definition) is 6. The van der Waals surface area contributed by atoms with Crippen LogP contribution in [-0.2, 0) is 20.1 Å². The molecule has 6 heteroatoms. The molecule has 1 unspecified atom stereocenters. The zero-order chi connectivity index (χ0) is 21.1. The van der Waals surface area contributed by atoms with Crippen molar-refractivity contribution >= 4 is 17.5 Å². The number of esters is 1. The van der Waals surface area contributed by atoms with Crippen molar-refractivity contribution in [2.75, 3.05) is 19.3 Å². The van der Waals surface area contributed by atoms with Gasteiger partial charge in [0.15, 0.2) is 5.84 Å².